The Morgan fingerprint density at radius 2 is 1.50 bits per heavy atom. The molecule has 2 atom stereocenters. The van der Waals surface area contributed by atoms with Crippen molar-refractivity contribution in [2.45, 2.75) is 47.1 Å². The number of rotatable bonds is 12. The van der Waals surface area contributed by atoms with Gasteiger partial charge in [0.1, 0.15) is 19.7 Å². The van der Waals surface area contributed by atoms with Crippen molar-refractivity contribution in [3.8, 4) is 0 Å². The zero-order chi connectivity index (χ0) is 23.7. The lowest BCUT2D eigenvalue weighted by atomic mass is 9.86. The van der Waals surface area contributed by atoms with Crippen LogP contribution in [0.1, 0.15) is 62.0 Å². The second-order valence-electron chi connectivity index (χ2n) is 9.98. The summed E-state index contributed by atoms with van der Waals surface area (Å²) in [5.74, 6) is 0.754. The molecule has 0 aliphatic rings. The Hall–Kier alpha value is -2.46. The molecule has 0 saturated carbocycles. The molecule has 0 radical (unpaired) electrons. The summed E-state index contributed by atoms with van der Waals surface area (Å²) >= 11 is 0. The molecule has 0 fully saturated rings. The molecule has 2 unspecified atom stereocenters. The fourth-order valence-corrected chi connectivity index (χ4v) is 3.83. The van der Waals surface area contributed by atoms with Crippen molar-refractivity contribution in [2.75, 3.05) is 27.2 Å². The summed E-state index contributed by atoms with van der Waals surface area (Å²) in [4.78, 5) is 25.2. The number of hydrogen-bond acceptors (Lipinski definition) is 3. The number of ketones is 1. The van der Waals surface area contributed by atoms with E-state index in [1.165, 1.54) is 0 Å². The van der Waals surface area contributed by atoms with Gasteiger partial charge in [0.15, 0.2) is 5.78 Å². The monoisotopic (exact) mass is 438 g/mol. The summed E-state index contributed by atoms with van der Waals surface area (Å²) in [5, 5.41) is 0. The molecule has 0 spiro atoms. The van der Waals surface area contributed by atoms with Crippen LogP contribution in [0.5, 0.6) is 0 Å². The zero-order valence-electron chi connectivity index (χ0n) is 20.6. The standard InChI is InChI=1S/C28H40NO3/c1-7-22(4)19-26(21(2)3)28(31)32-18-17-29(5,6)20-23-13-15-25(16-14-23)27(30)24-11-9-8-10-12-24/h8-16,21-22,26H,7,17-20H2,1-6H3/q+1. The number of nitrogens with zero attached hydrogens (tertiary/aromatic N) is 1. The van der Waals surface area contributed by atoms with Crippen molar-refractivity contribution in [1.82, 2.24) is 0 Å². The van der Waals surface area contributed by atoms with Crippen molar-refractivity contribution in [3.05, 3.63) is 71.3 Å². The minimum atomic E-state index is -0.0657. The summed E-state index contributed by atoms with van der Waals surface area (Å²) in [5.41, 5.74) is 2.55. The van der Waals surface area contributed by atoms with E-state index in [1.807, 2.05) is 54.6 Å². The molecule has 0 aliphatic carbocycles. The van der Waals surface area contributed by atoms with Gasteiger partial charge in [-0.3, -0.25) is 9.59 Å². The van der Waals surface area contributed by atoms with E-state index in [9.17, 15) is 9.59 Å². The van der Waals surface area contributed by atoms with Crippen LogP contribution in [-0.2, 0) is 16.1 Å². The number of ether oxygens (including phenoxy) is 1. The van der Waals surface area contributed by atoms with Gasteiger partial charge in [0.2, 0.25) is 0 Å². The predicted molar refractivity (Wildman–Crippen MR) is 130 cm³/mol. The minimum Gasteiger partial charge on any atom is -0.459 e. The van der Waals surface area contributed by atoms with E-state index in [4.69, 9.17) is 4.74 Å². The number of benzene rings is 2. The van der Waals surface area contributed by atoms with Gasteiger partial charge >= 0.3 is 5.97 Å². The second-order valence-corrected chi connectivity index (χ2v) is 9.98. The molecule has 0 bridgehead atoms. The molecule has 2 aromatic carbocycles. The first-order valence-electron chi connectivity index (χ1n) is 11.8. The minimum absolute atomic E-state index is 0.0322. The van der Waals surface area contributed by atoms with E-state index in [2.05, 4.69) is 41.8 Å². The van der Waals surface area contributed by atoms with Gasteiger partial charge in [0.25, 0.3) is 0 Å². The van der Waals surface area contributed by atoms with Crippen LogP contribution in [0.15, 0.2) is 54.6 Å². The number of hydrogen-bond donors (Lipinski definition) is 0. The Labute approximate surface area is 194 Å². The van der Waals surface area contributed by atoms with Crippen LogP contribution in [-0.4, -0.2) is 43.5 Å². The van der Waals surface area contributed by atoms with Crippen molar-refractivity contribution >= 4 is 11.8 Å². The van der Waals surface area contributed by atoms with Crippen molar-refractivity contribution in [1.29, 1.82) is 0 Å². The SMILES string of the molecule is CCC(C)CC(C(=O)OCC[N+](C)(C)Cc1ccc(C(=O)c2ccccc2)cc1)C(C)C. The molecule has 2 aromatic rings. The molecule has 0 aromatic heterocycles. The summed E-state index contributed by atoms with van der Waals surface area (Å²) in [6.07, 6.45) is 1.97. The Balaban J connectivity index is 1.88. The lowest BCUT2D eigenvalue weighted by molar-refractivity contribution is -0.903. The predicted octanol–water partition coefficient (Wildman–Crippen LogP) is 5.75. The quantitative estimate of drug-likeness (QED) is 0.241. The van der Waals surface area contributed by atoms with Crippen molar-refractivity contribution < 1.29 is 18.8 Å². The number of esters is 1. The second kappa shape index (κ2) is 12.0. The Morgan fingerprint density at radius 3 is 2.06 bits per heavy atom. The number of quaternary nitrogens is 1. The molecular formula is C28H40NO3+. The first-order chi connectivity index (χ1) is 15.1. The molecule has 0 amide bonds. The van der Waals surface area contributed by atoms with E-state index < -0.39 is 0 Å². The smallest absolute Gasteiger partial charge is 0.309 e. The lowest BCUT2D eigenvalue weighted by Crippen LogP contribution is -2.42. The molecule has 174 valence electrons. The largest absolute Gasteiger partial charge is 0.459 e. The molecule has 0 N–H and O–H groups in total. The van der Waals surface area contributed by atoms with Crippen molar-refractivity contribution in [2.24, 2.45) is 17.8 Å². The highest BCUT2D eigenvalue weighted by atomic mass is 16.5. The first-order valence-corrected chi connectivity index (χ1v) is 11.8. The molecule has 0 heterocycles. The average Bonchev–Trinajstić information content (AvgIpc) is 2.77. The van der Waals surface area contributed by atoms with Crippen LogP contribution in [0.3, 0.4) is 0 Å². The van der Waals surface area contributed by atoms with Crippen LogP contribution in [0.25, 0.3) is 0 Å². The van der Waals surface area contributed by atoms with Gasteiger partial charge in [-0.05, 0) is 18.3 Å². The van der Waals surface area contributed by atoms with Gasteiger partial charge in [-0.1, -0.05) is 88.7 Å². The maximum atomic E-state index is 12.6. The summed E-state index contributed by atoms with van der Waals surface area (Å²) in [6.45, 7) is 10.5. The van der Waals surface area contributed by atoms with Crippen LogP contribution in [0.4, 0.5) is 0 Å². The normalized spacial score (nSPS) is 13.6. The fourth-order valence-electron chi connectivity index (χ4n) is 3.83. The van der Waals surface area contributed by atoms with Crippen LogP contribution >= 0.6 is 0 Å². The van der Waals surface area contributed by atoms with Gasteiger partial charge in [-0.15, -0.1) is 0 Å². The maximum Gasteiger partial charge on any atom is 0.309 e. The number of carbonyl (C=O) groups is 2. The summed E-state index contributed by atoms with van der Waals surface area (Å²) in [6, 6.07) is 17.2. The van der Waals surface area contributed by atoms with Crippen molar-refractivity contribution in [3.63, 3.8) is 0 Å². The van der Waals surface area contributed by atoms with Crippen LogP contribution in [0, 0.1) is 17.8 Å². The molecular weight excluding hydrogens is 398 g/mol. The van der Waals surface area contributed by atoms with Crippen LogP contribution < -0.4 is 0 Å². The third kappa shape index (κ3) is 7.90. The van der Waals surface area contributed by atoms with E-state index in [0.29, 0.717) is 28.1 Å². The lowest BCUT2D eigenvalue weighted by Gasteiger charge is -2.30. The number of carbonyl (C=O) groups excluding carboxylic acids is 2. The highest BCUT2D eigenvalue weighted by Crippen LogP contribution is 2.23. The topological polar surface area (TPSA) is 43.4 Å². The van der Waals surface area contributed by atoms with E-state index in [0.717, 1.165) is 31.5 Å². The van der Waals surface area contributed by atoms with Gasteiger partial charge in [-0.2, -0.15) is 0 Å². The van der Waals surface area contributed by atoms with Gasteiger partial charge in [0.05, 0.1) is 20.0 Å². The summed E-state index contributed by atoms with van der Waals surface area (Å²) in [7, 11) is 4.27. The van der Waals surface area contributed by atoms with Gasteiger partial charge < -0.3 is 9.22 Å². The average molecular weight is 439 g/mol. The Morgan fingerprint density at radius 1 is 0.906 bits per heavy atom. The van der Waals surface area contributed by atoms with E-state index in [1.54, 1.807) is 0 Å². The highest BCUT2D eigenvalue weighted by molar-refractivity contribution is 6.08. The zero-order valence-corrected chi connectivity index (χ0v) is 20.6. The molecule has 0 saturated heterocycles. The maximum absolute atomic E-state index is 12.6. The fraction of sp³-hybridized carbons (Fsp3) is 0.500. The first kappa shape index (κ1) is 25.8. The van der Waals surface area contributed by atoms with Gasteiger partial charge in [0, 0.05) is 16.7 Å². The number of likely N-dealkylation sites (N-methyl/N-ethyl adjacent to an activating group) is 1. The molecule has 0 aliphatic heterocycles. The van der Waals surface area contributed by atoms with E-state index in [-0.39, 0.29) is 23.6 Å². The third-order valence-electron chi connectivity index (χ3n) is 6.26. The molecule has 4 heteroatoms. The molecule has 32 heavy (non-hydrogen) atoms. The molecule has 4 nitrogen and oxygen atoms in total. The van der Waals surface area contributed by atoms with E-state index >= 15 is 0 Å². The Kier molecular flexibility index (Phi) is 9.64. The van der Waals surface area contributed by atoms with Gasteiger partial charge in [-0.25, -0.2) is 0 Å². The van der Waals surface area contributed by atoms with Crippen LogP contribution in [0.2, 0.25) is 0 Å². The summed E-state index contributed by atoms with van der Waals surface area (Å²) < 4.78 is 6.39. The Bertz CT molecular complexity index is 856. The third-order valence-corrected chi connectivity index (χ3v) is 6.26. The molecule has 2 rings (SSSR count). The highest BCUT2D eigenvalue weighted by Gasteiger charge is 2.26.